The molecule has 0 aromatic heterocycles. The first-order valence-corrected chi connectivity index (χ1v) is 14.1. The van der Waals surface area contributed by atoms with Gasteiger partial charge in [-0.1, -0.05) is 11.6 Å². The van der Waals surface area contributed by atoms with Gasteiger partial charge in [0, 0.05) is 36.6 Å². The SMILES string of the molecule is CC(C)=CCC[C@@]1(C)Oc2cc(OCC(C)(C)O)ccc2[C@H]2O[C@H]3CCN(C(=O)OC(C)(C)C)C[C@@H]3C[C@@H]21. The summed E-state index contributed by atoms with van der Waals surface area (Å²) in [6.45, 7) is 17.1. The monoisotopic (exact) mass is 529 g/mol. The van der Waals surface area contributed by atoms with Crippen LogP contribution in [0.1, 0.15) is 92.7 Å². The summed E-state index contributed by atoms with van der Waals surface area (Å²) in [6, 6.07) is 5.94. The average Bonchev–Trinajstić information content (AvgIpc) is 2.79. The number of rotatable bonds is 6. The van der Waals surface area contributed by atoms with E-state index in [0.717, 1.165) is 37.0 Å². The third-order valence-electron chi connectivity index (χ3n) is 7.76. The standard InChI is InChI=1S/C31H47NO6/c1-20(2)10-9-14-31(8)24-16-21-18-32(28(33)38-29(3,4)5)15-13-25(21)36-27(24)23-12-11-22(17-26(23)37-31)35-19-30(6,7)34/h10-12,17,21,24-25,27,34H,9,13-16,18-19H2,1-8H3/t21-,24-,25-,27+,31+/m0/s1. The van der Waals surface area contributed by atoms with Crippen molar-refractivity contribution in [3.05, 3.63) is 35.4 Å². The molecule has 5 atom stereocenters. The Morgan fingerprint density at radius 3 is 2.63 bits per heavy atom. The Hall–Kier alpha value is -2.25. The van der Waals surface area contributed by atoms with Gasteiger partial charge in [0.05, 0.1) is 17.8 Å². The van der Waals surface area contributed by atoms with Crippen molar-refractivity contribution < 1.29 is 28.8 Å². The number of piperidine rings is 1. The highest BCUT2D eigenvalue weighted by Crippen LogP contribution is 2.55. The van der Waals surface area contributed by atoms with E-state index >= 15 is 0 Å². The van der Waals surface area contributed by atoms with Crippen LogP contribution < -0.4 is 9.47 Å². The lowest BCUT2D eigenvalue weighted by molar-refractivity contribution is -0.191. The van der Waals surface area contributed by atoms with E-state index in [1.165, 1.54) is 5.57 Å². The summed E-state index contributed by atoms with van der Waals surface area (Å²) in [5.41, 5.74) is 0.484. The second-order valence-corrected chi connectivity index (χ2v) is 13.4. The molecule has 1 N–H and O–H groups in total. The molecule has 2 fully saturated rings. The largest absolute Gasteiger partial charge is 0.490 e. The van der Waals surface area contributed by atoms with Crippen LogP contribution in [0.3, 0.4) is 0 Å². The Morgan fingerprint density at radius 1 is 1.24 bits per heavy atom. The van der Waals surface area contributed by atoms with Crippen molar-refractivity contribution in [2.75, 3.05) is 19.7 Å². The molecule has 4 rings (SSSR count). The van der Waals surface area contributed by atoms with E-state index in [0.29, 0.717) is 18.8 Å². The van der Waals surface area contributed by atoms with Crippen LogP contribution >= 0.6 is 0 Å². The molecule has 7 heteroatoms. The highest BCUT2D eigenvalue weighted by molar-refractivity contribution is 5.68. The van der Waals surface area contributed by atoms with Gasteiger partial charge in [-0.05, 0) is 93.2 Å². The molecule has 2 saturated heterocycles. The number of carbonyl (C=O) groups excluding carboxylic acids is 1. The number of aliphatic hydroxyl groups is 1. The van der Waals surface area contributed by atoms with E-state index < -0.39 is 16.8 Å². The molecule has 3 aliphatic heterocycles. The van der Waals surface area contributed by atoms with Crippen LogP contribution in [0.2, 0.25) is 0 Å². The maximum atomic E-state index is 12.8. The van der Waals surface area contributed by atoms with Gasteiger partial charge in [-0.15, -0.1) is 0 Å². The lowest BCUT2D eigenvalue weighted by Gasteiger charge is -2.54. The van der Waals surface area contributed by atoms with E-state index in [1.54, 1.807) is 13.8 Å². The quantitative estimate of drug-likeness (QED) is 0.428. The molecule has 38 heavy (non-hydrogen) atoms. The third-order valence-corrected chi connectivity index (χ3v) is 7.76. The molecule has 1 amide bonds. The Morgan fingerprint density at radius 2 is 1.97 bits per heavy atom. The van der Waals surface area contributed by atoms with Gasteiger partial charge in [-0.25, -0.2) is 4.79 Å². The lowest BCUT2D eigenvalue weighted by atomic mass is 9.68. The van der Waals surface area contributed by atoms with Crippen LogP contribution in [0.15, 0.2) is 29.8 Å². The van der Waals surface area contributed by atoms with Gasteiger partial charge in [-0.3, -0.25) is 0 Å². The zero-order chi connectivity index (χ0) is 27.9. The Bertz CT molecular complexity index is 1030. The van der Waals surface area contributed by atoms with Gasteiger partial charge in [0.1, 0.15) is 29.3 Å². The Balaban J connectivity index is 1.58. The fourth-order valence-electron chi connectivity index (χ4n) is 5.90. The molecule has 0 radical (unpaired) electrons. The Labute approximate surface area is 228 Å². The minimum Gasteiger partial charge on any atom is -0.490 e. The van der Waals surface area contributed by atoms with Gasteiger partial charge < -0.3 is 29.0 Å². The number of likely N-dealkylation sites (tertiary alicyclic amines) is 1. The number of carbonyl (C=O) groups is 1. The number of allylic oxidation sites excluding steroid dienone is 2. The molecule has 212 valence electrons. The zero-order valence-corrected chi connectivity index (χ0v) is 24.5. The van der Waals surface area contributed by atoms with Crippen LogP contribution in [0.5, 0.6) is 11.5 Å². The van der Waals surface area contributed by atoms with Crippen molar-refractivity contribution in [3.8, 4) is 11.5 Å². The van der Waals surface area contributed by atoms with E-state index in [4.69, 9.17) is 18.9 Å². The van der Waals surface area contributed by atoms with Gasteiger partial charge in [0.15, 0.2) is 0 Å². The van der Waals surface area contributed by atoms with Crippen molar-refractivity contribution in [2.24, 2.45) is 11.8 Å². The summed E-state index contributed by atoms with van der Waals surface area (Å²) in [5.74, 6) is 1.86. The van der Waals surface area contributed by atoms with E-state index in [2.05, 4.69) is 32.9 Å². The van der Waals surface area contributed by atoms with Crippen molar-refractivity contribution in [3.63, 3.8) is 0 Å². The smallest absolute Gasteiger partial charge is 0.410 e. The maximum absolute atomic E-state index is 12.8. The van der Waals surface area contributed by atoms with Crippen molar-refractivity contribution in [1.29, 1.82) is 0 Å². The van der Waals surface area contributed by atoms with Crippen LogP contribution in [-0.4, -0.2) is 58.7 Å². The number of nitrogens with zero attached hydrogens (tertiary/aromatic N) is 1. The first-order chi connectivity index (χ1) is 17.6. The summed E-state index contributed by atoms with van der Waals surface area (Å²) in [5, 5.41) is 10.1. The number of benzene rings is 1. The number of ether oxygens (including phenoxy) is 4. The summed E-state index contributed by atoms with van der Waals surface area (Å²) in [7, 11) is 0. The molecular formula is C31H47NO6. The van der Waals surface area contributed by atoms with Crippen LogP contribution in [0, 0.1) is 11.8 Å². The molecular weight excluding hydrogens is 482 g/mol. The Kier molecular flexibility index (Phi) is 8.11. The maximum Gasteiger partial charge on any atom is 0.410 e. The van der Waals surface area contributed by atoms with Crippen molar-refractivity contribution in [2.45, 2.75) is 110 Å². The highest BCUT2D eigenvalue weighted by Gasteiger charge is 2.53. The molecule has 3 heterocycles. The lowest BCUT2D eigenvalue weighted by Crippen LogP contribution is -2.57. The van der Waals surface area contributed by atoms with E-state index in [9.17, 15) is 9.90 Å². The summed E-state index contributed by atoms with van der Waals surface area (Å²) >= 11 is 0. The van der Waals surface area contributed by atoms with E-state index in [-0.39, 0.29) is 36.7 Å². The molecule has 1 aromatic carbocycles. The van der Waals surface area contributed by atoms with Gasteiger partial charge in [0.25, 0.3) is 0 Å². The third kappa shape index (κ3) is 6.84. The molecule has 0 spiro atoms. The van der Waals surface area contributed by atoms with Gasteiger partial charge in [-0.2, -0.15) is 0 Å². The highest BCUT2D eigenvalue weighted by atomic mass is 16.6. The first kappa shape index (κ1) is 28.8. The average molecular weight is 530 g/mol. The summed E-state index contributed by atoms with van der Waals surface area (Å²) < 4.78 is 25.2. The minimum atomic E-state index is -0.920. The predicted molar refractivity (Wildman–Crippen MR) is 148 cm³/mol. The molecule has 0 unspecified atom stereocenters. The topological polar surface area (TPSA) is 77.5 Å². The zero-order valence-electron chi connectivity index (χ0n) is 24.5. The number of fused-ring (bicyclic) bond motifs is 4. The molecule has 3 aliphatic rings. The minimum absolute atomic E-state index is 0.0758. The normalized spacial score (nSPS) is 28.8. The van der Waals surface area contributed by atoms with Crippen molar-refractivity contribution >= 4 is 6.09 Å². The fourth-order valence-corrected chi connectivity index (χ4v) is 5.90. The van der Waals surface area contributed by atoms with Gasteiger partial charge in [0.2, 0.25) is 0 Å². The fraction of sp³-hybridized carbons (Fsp3) is 0.710. The molecule has 1 aromatic rings. The van der Waals surface area contributed by atoms with Crippen LogP contribution in [0.4, 0.5) is 4.79 Å². The van der Waals surface area contributed by atoms with Crippen LogP contribution in [0.25, 0.3) is 0 Å². The second-order valence-electron chi connectivity index (χ2n) is 13.4. The first-order valence-electron chi connectivity index (χ1n) is 14.1. The van der Waals surface area contributed by atoms with Crippen molar-refractivity contribution in [1.82, 2.24) is 4.90 Å². The summed E-state index contributed by atoms with van der Waals surface area (Å²) in [4.78, 5) is 14.7. The molecule has 0 bridgehead atoms. The second kappa shape index (κ2) is 10.7. The number of hydrogen-bond acceptors (Lipinski definition) is 6. The number of hydrogen-bond donors (Lipinski definition) is 1. The molecule has 0 saturated carbocycles. The van der Waals surface area contributed by atoms with Gasteiger partial charge >= 0.3 is 6.09 Å². The van der Waals surface area contributed by atoms with E-state index in [1.807, 2.05) is 37.8 Å². The predicted octanol–water partition coefficient (Wildman–Crippen LogP) is 6.44. The van der Waals surface area contributed by atoms with Crippen LogP contribution in [-0.2, 0) is 9.47 Å². The molecule has 0 aliphatic carbocycles. The molecule has 7 nitrogen and oxygen atoms in total. The number of amides is 1. The summed E-state index contributed by atoms with van der Waals surface area (Å²) in [6.07, 6.45) is 5.55.